The van der Waals surface area contributed by atoms with E-state index in [1.807, 2.05) is 36.4 Å². The molecule has 0 fully saturated rings. The SMILES string of the molecule is O=C(OCc1ccccc1)c1ccc2cnc(Cl)cc2c1. The van der Waals surface area contributed by atoms with Crippen LogP contribution in [0.15, 0.2) is 60.8 Å². The van der Waals surface area contributed by atoms with Crippen molar-refractivity contribution >= 4 is 28.3 Å². The predicted octanol–water partition coefficient (Wildman–Crippen LogP) is 4.25. The fourth-order valence-electron chi connectivity index (χ4n) is 2.05. The predicted molar refractivity (Wildman–Crippen MR) is 82.3 cm³/mol. The molecular formula is C17H12ClNO2. The van der Waals surface area contributed by atoms with Crippen LogP contribution in [0.3, 0.4) is 0 Å². The summed E-state index contributed by atoms with van der Waals surface area (Å²) in [6.45, 7) is 0.259. The number of rotatable bonds is 3. The lowest BCUT2D eigenvalue weighted by molar-refractivity contribution is 0.0473. The molecule has 2 aromatic carbocycles. The van der Waals surface area contributed by atoms with E-state index in [9.17, 15) is 4.79 Å². The van der Waals surface area contributed by atoms with Crippen LogP contribution < -0.4 is 0 Å². The molecule has 1 heterocycles. The van der Waals surface area contributed by atoms with E-state index in [2.05, 4.69) is 4.98 Å². The highest BCUT2D eigenvalue weighted by atomic mass is 35.5. The Kier molecular flexibility index (Phi) is 3.84. The van der Waals surface area contributed by atoms with Gasteiger partial charge >= 0.3 is 5.97 Å². The van der Waals surface area contributed by atoms with Crippen LogP contribution in [0, 0.1) is 0 Å². The third kappa shape index (κ3) is 3.20. The summed E-state index contributed by atoms with van der Waals surface area (Å²) >= 11 is 5.86. The Morgan fingerprint density at radius 2 is 1.86 bits per heavy atom. The average molecular weight is 298 g/mol. The van der Waals surface area contributed by atoms with Gasteiger partial charge in [0.05, 0.1) is 5.56 Å². The van der Waals surface area contributed by atoms with Gasteiger partial charge in [-0.3, -0.25) is 0 Å². The van der Waals surface area contributed by atoms with Gasteiger partial charge in [0, 0.05) is 11.6 Å². The number of hydrogen-bond donors (Lipinski definition) is 0. The number of pyridine rings is 1. The number of aromatic nitrogens is 1. The van der Waals surface area contributed by atoms with Crippen LogP contribution in [-0.2, 0) is 11.3 Å². The average Bonchev–Trinajstić information content (AvgIpc) is 2.53. The first-order chi connectivity index (χ1) is 10.2. The van der Waals surface area contributed by atoms with Crippen LogP contribution >= 0.6 is 11.6 Å². The van der Waals surface area contributed by atoms with Gasteiger partial charge in [0.25, 0.3) is 0 Å². The van der Waals surface area contributed by atoms with Crippen LogP contribution in [0.25, 0.3) is 10.8 Å². The number of esters is 1. The number of benzene rings is 2. The summed E-state index contributed by atoms with van der Waals surface area (Å²) in [6, 6.07) is 16.6. The molecular weight excluding hydrogens is 286 g/mol. The fraction of sp³-hybridized carbons (Fsp3) is 0.0588. The van der Waals surface area contributed by atoms with E-state index >= 15 is 0 Å². The topological polar surface area (TPSA) is 39.2 Å². The maximum atomic E-state index is 12.1. The number of carbonyl (C=O) groups excluding carboxylic acids is 1. The van der Waals surface area contributed by atoms with Gasteiger partial charge in [-0.05, 0) is 29.1 Å². The normalized spacial score (nSPS) is 10.5. The molecule has 0 N–H and O–H groups in total. The molecule has 3 nitrogen and oxygen atoms in total. The zero-order valence-corrected chi connectivity index (χ0v) is 11.9. The molecule has 0 bridgehead atoms. The van der Waals surface area contributed by atoms with Crippen molar-refractivity contribution in [3.05, 3.63) is 77.1 Å². The zero-order chi connectivity index (χ0) is 14.7. The molecule has 0 aliphatic heterocycles. The molecule has 0 aliphatic rings. The lowest BCUT2D eigenvalue weighted by Gasteiger charge is -2.06. The van der Waals surface area contributed by atoms with Gasteiger partial charge in [-0.25, -0.2) is 9.78 Å². The van der Waals surface area contributed by atoms with Gasteiger partial charge in [0.15, 0.2) is 0 Å². The number of nitrogens with zero attached hydrogens (tertiary/aromatic N) is 1. The van der Waals surface area contributed by atoms with Crippen molar-refractivity contribution in [1.29, 1.82) is 0 Å². The Morgan fingerprint density at radius 3 is 2.67 bits per heavy atom. The Hall–Kier alpha value is -2.39. The van der Waals surface area contributed by atoms with E-state index in [1.165, 1.54) is 0 Å². The van der Waals surface area contributed by atoms with Crippen LogP contribution in [0.4, 0.5) is 0 Å². The number of carbonyl (C=O) groups is 1. The Labute approximate surface area is 127 Å². The number of halogens is 1. The minimum Gasteiger partial charge on any atom is -0.457 e. The summed E-state index contributed by atoms with van der Waals surface area (Å²) in [4.78, 5) is 16.1. The summed E-state index contributed by atoms with van der Waals surface area (Å²) in [6.07, 6.45) is 1.68. The second kappa shape index (κ2) is 5.94. The lowest BCUT2D eigenvalue weighted by Crippen LogP contribution is -2.05. The largest absolute Gasteiger partial charge is 0.457 e. The molecule has 3 aromatic rings. The molecule has 0 spiro atoms. The number of ether oxygens (including phenoxy) is 1. The highest BCUT2D eigenvalue weighted by Crippen LogP contribution is 2.19. The van der Waals surface area contributed by atoms with Gasteiger partial charge in [-0.1, -0.05) is 48.0 Å². The van der Waals surface area contributed by atoms with Gasteiger partial charge in [-0.15, -0.1) is 0 Å². The first-order valence-electron chi connectivity index (χ1n) is 6.49. The second-order valence-corrected chi connectivity index (χ2v) is 5.02. The summed E-state index contributed by atoms with van der Waals surface area (Å²) in [7, 11) is 0. The van der Waals surface area contributed by atoms with Crippen LogP contribution in [0.1, 0.15) is 15.9 Å². The molecule has 104 valence electrons. The maximum absolute atomic E-state index is 12.1. The minimum atomic E-state index is -0.353. The standard InChI is InChI=1S/C17H12ClNO2/c18-16-9-15-8-13(6-7-14(15)10-19-16)17(20)21-11-12-4-2-1-3-5-12/h1-10H,11H2. The lowest BCUT2D eigenvalue weighted by atomic mass is 10.1. The third-order valence-electron chi connectivity index (χ3n) is 3.14. The van der Waals surface area contributed by atoms with Crippen molar-refractivity contribution in [1.82, 2.24) is 4.98 Å². The molecule has 4 heteroatoms. The van der Waals surface area contributed by atoms with Crippen molar-refractivity contribution in [2.75, 3.05) is 0 Å². The van der Waals surface area contributed by atoms with Gasteiger partial charge in [-0.2, -0.15) is 0 Å². The van der Waals surface area contributed by atoms with E-state index < -0.39 is 0 Å². The van der Waals surface area contributed by atoms with Crippen LogP contribution in [0.5, 0.6) is 0 Å². The first-order valence-corrected chi connectivity index (χ1v) is 6.86. The molecule has 3 rings (SSSR count). The minimum absolute atomic E-state index is 0.259. The van der Waals surface area contributed by atoms with E-state index in [1.54, 1.807) is 24.4 Å². The monoisotopic (exact) mass is 297 g/mol. The fourth-order valence-corrected chi connectivity index (χ4v) is 2.21. The van der Waals surface area contributed by atoms with E-state index in [0.717, 1.165) is 16.3 Å². The molecule has 0 saturated heterocycles. The second-order valence-electron chi connectivity index (χ2n) is 4.63. The van der Waals surface area contributed by atoms with Gasteiger partial charge < -0.3 is 4.74 Å². The first kappa shape index (κ1) is 13.6. The van der Waals surface area contributed by atoms with Gasteiger partial charge in [0.1, 0.15) is 11.8 Å². The van der Waals surface area contributed by atoms with Crippen molar-refractivity contribution < 1.29 is 9.53 Å². The Morgan fingerprint density at radius 1 is 1.05 bits per heavy atom. The highest BCUT2D eigenvalue weighted by Gasteiger charge is 2.08. The third-order valence-corrected chi connectivity index (χ3v) is 3.34. The molecule has 1 aromatic heterocycles. The molecule has 0 amide bonds. The summed E-state index contributed by atoms with van der Waals surface area (Å²) in [5.41, 5.74) is 1.46. The summed E-state index contributed by atoms with van der Waals surface area (Å²) in [5, 5.41) is 2.19. The molecule has 21 heavy (non-hydrogen) atoms. The summed E-state index contributed by atoms with van der Waals surface area (Å²) < 4.78 is 5.31. The molecule has 0 radical (unpaired) electrons. The Bertz CT molecular complexity index is 787. The zero-order valence-electron chi connectivity index (χ0n) is 11.1. The highest BCUT2D eigenvalue weighted by molar-refractivity contribution is 6.30. The molecule has 0 atom stereocenters. The van der Waals surface area contributed by atoms with Crippen LogP contribution in [-0.4, -0.2) is 11.0 Å². The molecule has 0 unspecified atom stereocenters. The molecule has 0 aliphatic carbocycles. The van der Waals surface area contributed by atoms with E-state index in [-0.39, 0.29) is 12.6 Å². The van der Waals surface area contributed by atoms with E-state index in [0.29, 0.717) is 10.7 Å². The Balaban J connectivity index is 1.78. The summed E-state index contributed by atoms with van der Waals surface area (Å²) in [5.74, 6) is -0.353. The molecule has 0 saturated carbocycles. The van der Waals surface area contributed by atoms with E-state index in [4.69, 9.17) is 16.3 Å². The number of fused-ring (bicyclic) bond motifs is 1. The maximum Gasteiger partial charge on any atom is 0.338 e. The quantitative estimate of drug-likeness (QED) is 0.536. The van der Waals surface area contributed by atoms with Crippen molar-refractivity contribution in [3.63, 3.8) is 0 Å². The smallest absolute Gasteiger partial charge is 0.338 e. The van der Waals surface area contributed by atoms with Crippen molar-refractivity contribution in [3.8, 4) is 0 Å². The van der Waals surface area contributed by atoms with Gasteiger partial charge in [0.2, 0.25) is 0 Å². The number of hydrogen-bond acceptors (Lipinski definition) is 3. The van der Waals surface area contributed by atoms with Crippen LogP contribution in [0.2, 0.25) is 5.15 Å². The van der Waals surface area contributed by atoms with Crippen molar-refractivity contribution in [2.24, 2.45) is 0 Å². The van der Waals surface area contributed by atoms with Crippen molar-refractivity contribution in [2.45, 2.75) is 6.61 Å².